The lowest BCUT2D eigenvalue weighted by atomic mass is 9.87. The molecule has 0 aromatic heterocycles. The summed E-state index contributed by atoms with van der Waals surface area (Å²) in [7, 11) is 0. The molecule has 1 aliphatic heterocycles. The largest absolute Gasteiger partial charge is 0.379 e. The van der Waals surface area contributed by atoms with Gasteiger partial charge < -0.3 is 9.64 Å². The van der Waals surface area contributed by atoms with Crippen LogP contribution in [0.15, 0.2) is 0 Å². The van der Waals surface area contributed by atoms with Gasteiger partial charge in [-0.15, -0.1) is 0 Å². The summed E-state index contributed by atoms with van der Waals surface area (Å²) in [5, 5.41) is 0. The highest BCUT2D eigenvalue weighted by Crippen LogP contribution is 2.24. The Morgan fingerprint density at radius 2 is 1.43 bits per heavy atom. The third kappa shape index (κ3) is 9.52. The van der Waals surface area contributed by atoms with Gasteiger partial charge in [0.2, 0.25) is 0 Å². The Bertz CT molecular complexity index is 232. The molecule has 0 aromatic carbocycles. The zero-order valence-electron chi connectivity index (χ0n) is 15.1. The molecule has 1 fully saturated rings. The monoisotopic (exact) mass is 297 g/mol. The molecule has 0 saturated carbocycles. The van der Waals surface area contributed by atoms with Gasteiger partial charge in [0.05, 0.1) is 6.10 Å². The van der Waals surface area contributed by atoms with Gasteiger partial charge in [-0.25, -0.2) is 0 Å². The Balaban J connectivity index is 1.85. The van der Waals surface area contributed by atoms with Crippen molar-refractivity contribution in [3.05, 3.63) is 0 Å². The number of nitrogens with zero attached hydrogens (tertiary/aromatic N) is 1. The van der Waals surface area contributed by atoms with E-state index in [-0.39, 0.29) is 0 Å². The van der Waals surface area contributed by atoms with Crippen molar-refractivity contribution < 1.29 is 4.74 Å². The molecule has 2 nitrogen and oxygen atoms in total. The second kappa shape index (κ2) is 11.5. The molecule has 0 spiro atoms. The van der Waals surface area contributed by atoms with E-state index >= 15 is 0 Å². The summed E-state index contributed by atoms with van der Waals surface area (Å²) < 4.78 is 5.57. The normalized spacial score (nSPS) is 18.0. The number of piperidine rings is 1. The van der Waals surface area contributed by atoms with E-state index in [9.17, 15) is 0 Å². The number of likely N-dealkylation sites (tertiary alicyclic amines) is 1. The molecular weight excluding hydrogens is 258 g/mol. The summed E-state index contributed by atoms with van der Waals surface area (Å²) in [5.41, 5.74) is 0. The summed E-state index contributed by atoms with van der Waals surface area (Å²) in [5.74, 6) is 1.86. The van der Waals surface area contributed by atoms with Crippen molar-refractivity contribution in [2.24, 2.45) is 11.8 Å². The maximum atomic E-state index is 5.57. The van der Waals surface area contributed by atoms with Crippen molar-refractivity contribution in [3.8, 4) is 0 Å². The first-order valence-corrected chi connectivity index (χ1v) is 9.43. The van der Waals surface area contributed by atoms with Gasteiger partial charge in [-0.1, -0.05) is 39.5 Å². The minimum Gasteiger partial charge on any atom is -0.379 e. The lowest BCUT2D eigenvalue weighted by Crippen LogP contribution is -2.35. The van der Waals surface area contributed by atoms with Gasteiger partial charge in [-0.3, -0.25) is 0 Å². The van der Waals surface area contributed by atoms with E-state index in [0.29, 0.717) is 6.10 Å². The maximum absolute atomic E-state index is 5.57. The molecule has 0 bridgehead atoms. The fourth-order valence-corrected chi connectivity index (χ4v) is 3.31. The maximum Gasteiger partial charge on any atom is 0.0518 e. The van der Waals surface area contributed by atoms with Crippen molar-refractivity contribution in [2.45, 2.75) is 85.2 Å². The number of hydrogen-bond acceptors (Lipinski definition) is 2. The zero-order chi connectivity index (χ0) is 15.5. The lowest BCUT2D eigenvalue weighted by molar-refractivity contribution is 0.0756. The van der Waals surface area contributed by atoms with Crippen LogP contribution >= 0.6 is 0 Å². The van der Waals surface area contributed by atoms with Crippen molar-refractivity contribution in [1.29, 1.82) is 0 Å². The number of rotatable bonds is 11. The molecule has 0 aromatic rings. The summed E-state index contributed by atoms with van der Waals surface area (Å²) in [4.78, 5) is 2.69. The molecular formula is C19H39NO. The molecule has 0 N–H and O–H groups in total. The first-order chi connectivity index (χ1) is 10.1. The highest BCUT2D eigenvalue weighted by molar-refractivity contribution is 4.74. The van der Waals surface area contributed by atoms with Crippen LogP contribution in [0, 0.1) is 11.8 Å². The Hall–Kier alpha value is -0.0800. The van der Waals surface area contributed by atoms with Gasteiger partial charge in [0.15, 0.2) is 0 Å². The predicted molar refractivity (Wildman–Crippen MR) is 92.8 cm³/mol. The Morgan fingerprint density at radius 1 is 0.857 bits per heavy atom. The SMILES string of the molecule is CC(C)OCCCCCCCCN1CCC(C(C)C)CC1. The van der Waals surface area contributed by atoms with Gasteiger partial charge in [0, 0.05) is 6.61 Å². The number of ether oxygens (including phenoxy) is 1. The quantitative estimate of drug-likeness (QED) is 0.491. The summed E-state index contributed by atoms with van der Waals surface area (Å²) in [6.45, 7) is 14.0. The predicted octanol–water partition coefficient (Wildman–Crippen LogP) is 5.12. The minimum atomic E-state index is 0.393. The number of hydrogen-bond donors (Lipinski definition) is 0. The van der Waals surface area contributed by atoms with Crippen LogP contribution in [-0.2, 0) is 4.74 Å². The zero-order valence-corrected chi connectivity index (χ0v) is 15.1. The molecule has 0 aliphatic carbocycles. The van der Waals surface area contributed by atoms with E-state index in [4.69, 9.17) is 4.74 Å². The first kappa shape index (κ1) is 19.0. The van der Waals surface area contributed by atoms with Crippen LogP contribution in [0.3, 0.4) is 0 Å². The van der Waals surface area contributed by atoms with Crippen LogP contribution in [0.4, 0.5) is 0 Å². The molecule has 0 unspecified atom stereocenters. The van der Waals surface area contributed by atoms with Crippen molar-refractivity contribution in [1.82, 2.24) is 4.90 Å². The van der Waals surface area contributed by atoms with Gasteiger partial charge in [0.1, 0.15) is 0 Å². The van der Waals surface area contributed by atoms with Crippen LogP contribution in [-0.4, -0.2) is 37.2 Å². The molecule has 0 atom stereocenters. The first-order valence-electron chi connectivity index (χ1n) is 9.43. The lowest BCUT2D eigenvalue weighted by Gasteiger charge is -2.33. The second-order valence-corrected chi connectivity index (χ2v) is 7.46. The average molecular weight is 298 g/mol. The molecule has 21 heavy (non-hydrogen) atoms. The van der Waals surface area contributed by atoms with E-state index < -0.39 is 0 Å². The smallest absolute Gasteiger partial charge is 0.0518 e. The molecule has 1 heterocycles. The fraction of sp³-hybridized carbons (Fsp3) is 1.00. The van der Waals surface area contributed by atoms with Crippen molar-refractivity contribution in [2.75, 3.05) is 26.2 Å². The molecule has 1 saturated heterocycles. The van der Waals surface area contributed by atoms with Gasteiger partial charge in [-0.05, 0) is 71.0 Å². The molecule has 0 amide bonds. The summed E-state index contributed by atoms with van der Waals surface area (Å²) in [6, 6.07) is 0. The molecule has 2 heteroatoms. The topological polar surface area (TPSA) is 12.5 Å². The fourth-order valence-electron chi connectivity index (χ4n) is 3.31. The third-order valence-corrected chi connectivity index (χ3v) is 4.89. The Labute approximate surface area is 133 Å². The van der Waals surface area contributed by atoms with E-state index in [1.807, 2.05) is 0 Å². The van der Waals surface area contributed by atoms with Crippen LogP contribution < -0.4 is 0 Å². The van der Waals surface area contributed by atoms with Crippen LogP contribution in [0.5, 0.6) is 0 Å². The Morgan fingerprint density at radius 3 is 2.00 bits per heavy atom. The number of unbranched alkanes of at least 4 members (excludes halogenated alkanes) is 5. The van der Waals surface area contributed by atoms with E-state index in [1.165, 1.54) is 71.0 Å². The molecule has 126 valence electrons. The summed E-state index contributed by atoms with van der Waals surface area (Å²) >= 11 is 0. The van der Waals surface area contributed by atoms with E-state index in [1.54, 1.807) is 0 Å². The summed E-state index contributed by atoms with van der Waals surface area (Å²) in [6.07, 6.45) is 11.4. The molecule has 1 aliphatic rings. The third-order valence-electron chi connectivity index (χ3n) is 4.89. The van der Waals surface area contributed by atoms with Gasteiger partial charge in [-0.2, -0.15) is 0 Å². The van der Waals surface area contributed by atoms with Crippen molar-refractivity contribution >= 4 is 0 Å². The van der Waals surface area contributed by atoms with Gasteiger partial charge in [0.25, 0.3) is 0 Å². The van der Waals surface area contributed by atoms with Crippen molar-refractivity contribution in [3.63, 3.8) is 0 Å². The highest BCUT2D eigenvalue weighted by atomic mass is 16.5. The Kier molecular flexibility index (Phi) is 10.4. The van der Waals surface area contributed by atoms with Crippen LogP contribution in [0.1, 0.15) is 79.1 Å². The molecule has 0 radical (unpaired) electrons. The van der Waals surface area contributed by atoms with Crippen LogP contribution in [0.25, 0.3) is 0 Å². The average Bonchev–Trinajstić information content (AvgIpc) is 2.45. The van der Waals surface area contributed by atoms with Gasteiger partial charge >= 0.3 is 0 Å². The van der Waals surface area contributed by atoms with E-state index in [0.717, 1.165) is 18.4 Å². The van der Waals surface area contributed by atoms with E-state index in [2.05, 4.69) is 32.6 Å². The highest BCUT2D eigenvalue weighted by Gasteiger charge is 2.20. The standard InChI is InChI=1S/C19H39NO/c1-17(2)19-11-14-20(15-12-19)13-9-7-5-6-8-10-16-21-18(3)4/h17-19H,5-16H2,1-4H3. The second-order valence-electron chi connectivity index (χ2n) is 7.46. The minimum absolute atomic E-state index is 0.393. The molecule has 1 rings (SSSR count). The van der Waals surface area contributed by atoms with Crippen LogP contribution in [0.2, 0.25) is 0 Å².